The normalized spacial score (nSPS) is 19.2. The Morgan fingerprint density at radius 3 is 2.34 bits per heavy atom. The summed E-state index contributed by atoms with van der Waals surface area (Å²) in [6, 6.07) is 6.43. The van der Waals surface area contributed by atoms with Gasteiger partial charge in [-0.1, -0.05) is 6.42 Å². The molecule has 0 atom stereocenters. The van der Waals surface area contributed by atoms with Crippen molar-refractivity contribution < 1.29 is 13.2 Å². The van der Waals surface area contributed by atoms with Crippen molar-refractivity contribution in [2.24, 2.45) is 0 Å². The van der Waals surface area contributed by atoms with E-state index in [1.54, 1.807) is 39.9 Å². The molecule has 7 nitrogen and oxygen atoms in total. The van der Waals surface area contributed by atoms with Crippen molar-refractivity contribution in [3.05, 3.63) is 41.4 Å². The number of sulfonamides is 1. The molecular formula is C20H26N4O3S2. The van der Waals surface area contributed by atoms with Gasteiger partial charge in [0.15, 0.2) is 5.13 Å². The van der Waals surface area contributed by atoms with Crippen LogP contribution in [0.4, 0.5) is 5.13 Å². The van der Waals surface area contributed by atoms with Gasteiger partial charge in [-0.25, -0.2) is 13.4 Å². The molecule has 2 aromatic rings. The molecule has 0 aliphatic carbocycles. The third-order valence-corrected chi connectivity index (χ3v) is 8.33. The van der Waals surface area contributed by atoms with Crippen molar-refractivity contribution in [2.75, 3.05) is 31.1 Å². The topological polar surface area (TPSA) is 82.6 Å². The van der Waals surface area contributed by atoms with Gasteiger partial charge >= 0.3 is 0 Å². The number of carbonyl (C=O) groups excluding carboxylic acids is 1. The molecule has 0 unspecified atom stereocenters. The summed E-state index contributed by atoms with van der Waals surface area (Å²) in [6.45, 7) is 2.88. The zero-order chi connectivity index (χ0) is 20.3. The van der Waals surface area contributed by atoms with Crippen LogP contribution in [-0.2, 0) is 10.0 Å². The summed E-state index contributed by atoms with van der Waals surface area (Å²) < 4.78 is 27.0. The smallest absolute Gasteiger partial charge is 0.251 e. The Kier molecular flexibility index (Phi) is 6.17. The standard InChI is InChI=1S/C20H26N4O3S2/c25-19(22-17-8-13-23(14-9-17)20-21-10-15-28-20)16-4-6-18(7-5-16)29(26,27)24-11-2-1-3-12-24/h4-7,10,15,17H,1-3,8-9,11-14H2,(H,22,25). The first kappa shape index (κ1) is 20.3. The number of anilines is 1. The van der Waals surface area contributed by atoms with E-state index in [0.29, 0.717) is 18.7 Å². The number of hydrogen-bond acceptors (Lipinski definition) is 6. The molecule has 9 heteroatoms. The summed E-state index contributed by atoms with van der Waals surface area (Å²) in [5.74, 6) is -0.153. The Hall–Kier alpha value is -1.97. The van der Waals surface area contributed by atoms with Gasteiger partial charge in [0.25, 0.3) is 5.91 Å². The van der Waals surface area contributed by atoms with E-state index in [1.807, 2.05) is 11.6 Å². The Morgan fingerprint density at radius 2 is 1.72 bits per heavy atom. The van der Waals surface area contributed by atoms with E-state index < -0.39 is 10.0 Å². The minimum absolute atomic E-state index is 0.121. The number of piperidine rings is 2. The number of aromatic nitrogens is 1. The molecule has 1 aromatic heterocycles. The summed E-state index contributed by atoms with van der Waals surface area (Å²) in [7, 11) is -3.47. The van der Waals surface area contributed by atoms with Crippen molar-refractivity contribution >= 4 is 32.4 Å². The predicted molar refractivity (Wildman–Crippen MR) is 114 cm³/mol. The van der Waals surface area contributed by atoms with Crippen LogP contribution in [0.2, 0.25) is 0 Å². The van der Waals surface area contributed by atoms with E-state index in [9.17, 15) is 13.2 Å². The van der Waals surface area contributed by atoms with Crippen LogP contribution in [0, 0.1) is 0 Å². The maximum Gasteiger partial charge on any atom is 0.251 e. The third kappa shape index (κ3) is 4.62. The highest BCUT2D eigenvalue weighted by Gasteiger charge is 2.26. The first-order valence-electron chi connectivity index (χ1n) is 10.1. The summed E-state index contributed by atoms with van der Waals surface area (Å²) in [5.41, 5.74) is 0.491. The van der Waals surface area contributed by atoms with Crippen LogP contribution in [-0.4, -0.2) is 55.8 Å². The first-order valence-corrected chi connectivity index (χ1v) is 12.4. The molecule has 1 N–H and O–H groups in total. The molecule has 2 saturated heterocycles. The molecule has 1 amide bonds. The zero-order valence-electron chi connectivity index (χ0n) is 16.3. The SMILES string of the molecule is O=C(NC1CCN(c2nccs2)CC1)c1ccc(S(=O)(=O)N2CCCCC2)cc1. The maximum atomic E-state index is 12.7. The number of amides is 1. The Morgan fingerprint density at radius 1 is 1.03 bits per heavy atom. The molecule has 1 aromatic carbocycles. The summed E-state index contributed by atoms with van der Waals surface area (Å²) in [5, 5.41) is 6.08. The van der Waals surface area contributed by atoms with E-state index in [2.05, 4.69) is 15.2 Å². The molecule has 3 heterocycles. The maximum absolute atomic E-state index is 12.7. The predicted octanol–water partition coefficient (Wildman–Crippen LogP) is 2.72. The van der Waals surface area contributed by atoms with Crippen LogP contribution in [0.25, 0.3) is 0 Å². The minimum atomic E-state index is -3.47. The van der Waals surface area contributed by atoms with Crippen LogP contribution in [0.15, 0.2) is 40.7 Å². The second kappa shape index (κ2) is 8.81. The van der Waals surface area contributed by atoms with E-state index in [1.165, 1.54) is 0 Å². The highest BCUT2D eigenvalue weighted by atomic mass is 32.2. The van der Waals surface area contributed by atoms with E-state index in [0.717, 1.165) is 50.3 Å². The van der Waals surface area contributed by atoms with Crippen LogP contribution < -0.4 is 10.2 Å². The summed E-state index contributed by atoms with van der Waals surface area (Å²) >= 11 is 1.63. The van der Waals surface area contributed by atoms with Crippen LogP contribution in [0.3, 0.4) is 0 Å². The molecule has 156 valence electrons. The molecule has 2 fully saturated rings. The van der Waals surface area contributed by atoms with Gasteiger partial charge in [-0.3, -0.25) is 4.79 Å². The van der Waals surface area contributed by atoms with Gasteiger partial charge < -0.3 is 10.2 Å². The van der Waals surface area contributed by atoms with Gasteiger partial charge in [0.2, 0.25) is 10.0 Å². The number of hydrogen-bond donors (Lipinski definition) is 1. The summed E-state index contributed by atoms with van der Waals surface area (Å²) in [4.78, 5) is 19.4. The van der Waals surface area contributed by atoms with Crippen molar-refractivity contribution in [1.29, 1.82) is 0 Å². The highest BCUT2D eigenvalue weighted by molar-refractivity contribution is 7.89. The van der Waals surface area contributed by atoms with Gasteiger partial charge in [-0.15, -0.1) is 11.3 Å². The van der Waals surface area contributed by atoms with Gasteiger partial charge in [0.1, 0.15) is 0 Å². The monoisotopic (exact) mass is 434 g/mol. The number of thiazole rings is 1. The van der Waals surface area contributed by atoms with Crippen LogP contribution in [0.5, 0.6) is 0 Å². The lowest BCUT2D eigenvalue weighted by Crippen LogP contribution is -2.44. The molecule has 0 saturated carbocycles. The van der Waals surface area contributed by atoms with E-state index in [4.69, 9.17) is 0 Å². The van der Waals surface area contributed by atoms with Crippen LogP contribution in [0.1, 0.15) is 42.5 Å². The van der Waals surface area contributed by atoms with Crippen molar-refractivity contribution in [3.8, 4) is 0 Å². The molecule has 2 aliphatic rings. The Labute approximate surface area is 175 Å². The largest absolute Gasteiger partial charge is 0.349 e. The fourth-order valence-corrected chi connectivity index (χ4v) is 6.10. The van der Waals surface area contributed by atoms with E-state index in [-0.39, 0.29) is 16.8 Å². The highest BCUT2D eigenvalue weighted by Crippen LogP contribution is 2.23. The van der Waals surface area contributed by atoms with Gasteiger partial charge in [-0.2, -0.15) is 4.31 Å². The molecule has 4 rings (SSSR count). The zero-order valence-corrected chi connectivity index (χ0v) is 17.9. The third-order valence-electron chi connectivity index (χ3n) is 5.59. The number of nitrogens with one attached hydrogen (secondary N) is 1. The summed E-state index contributed by atoms with van der Waals surface area (Å²) in [6.07, 6.45) is 6.43. The van der Waals surface area contributed by atoms with Gasteiger partial charge in [0, 0.05) is 49.4 Å². The molecule has 2 aliphatic heterocycles. The average Bonchev–Trinajstić information content (AvgIpc) is 3.30. The number of nitrogens with zero attached hydrogens (tertiary/aromatic N) is 3. The lowest BCUT2D eigenvalue weighted by atomic mass is 10.0. The number of rotatable bonds is 5. The fourth-order valence-electron chi connectivity index (χ4n) is 3.89. The number of carbonyl (C=O) groups is 1. The molecule has 0 radical (unpaired) electrons. The van der Waals surface area contributed by atoms with E-state index >= 15 is 0 Å². The number of benzene rings is 1. The molecule has 29 heavy (non-hydrogen) atoms. The lowest BCUT2D eigenvalue weighted by Gasteiger charge is -2.32. The van der Waals surface area contributed by atoms with Crippen molar-refractivity contribution in [1.82, 2.24) is 14.6 Å². The van der Waals surface area contributed by atoms with Crippen LogP contribution >= 0.6 is 11.3 Å². The minimum Gasteiger partial charge on any atom is -0.349 e. The first-order chi connectivity index (χ1) is 14.0. The molecule has 0 spiro atoms. The second-order valence-electron chi connectivity index (χ2n) is 7.54. The van der Waals surface area contributed by atoms with Gasteiger partial charge in [-0.05, 0) is 49.9 Å². The lowest BCUT2D eigenvalue weighted by molar-refractivity contribution is 0.0931. The Bertz CT molecular complexity index is 915. The molecule has 0 bridgehead atoms. The second-order valence-corrected chi connectivity index (χ2v) is 10.3. The Balaban J connectivity index is 1.34. The quantitative estimate of drug-likeness (QED) is 0.782. The average molecular weight is 435 g/mol. The van der Waals surface area contributed by atoms with Crippen molar-refractivity contribution in [2.45, 2.75) is 43.0 Å². The van der Waals surface area contributed by atoms with Crippen molar-refractivity contribution in [3.63, 3.8) is 0 Å². The molecular weight excluding hydrogens is 408 g/mol. The van der Waals surface area contributed by atoms with Gasteiger partial charge in [0.05, 0.1) is 4.90 Å². The fraction of sp³-hybridized carbons (Fsp3) is 0.500.